The number of rotatable bonds is 4. The maximum Gasteiger partial charge on any atom is 0.259 e. The Morgan fingerprint density at radius 1 is 1.30 bits per heavy atom. The number of carbonyl (C=O) groups is 1. The summed E-state index contributed by atoms with van der Waals surface area (Å²) in [4.78, 5) is 19.0. The molecular formula is C19H19FN4O3. The topological polar surface area (TPSA) is 85.3 Å². The number of hydrogen-bond donors (Lipinski definition) is 0. The number of hydrogen-bond acceptors (Lipinski definition) is 6. The Kier molecular flexibility index (Phi) is 4.70. The molecule has 1 saturated heterocycles. The molecule has 3 aromatic rings. The Morgan fingerprint density at radius 2 is 2.11 bits per heavy atom. The highest BCUT2D eigenvalue weighted by Crippen LogP contribution is 2.28. The highest BCUT2D eigenvalue weighted by Gasteiger charge is 2.30. The maximum atomic E-state index is 13.1. The van der Waals surface area contributed by atoms with E-state index in [0.29, 0.717) is 48.1 Å². The quantitative estimate of drug-likeness (QED) is 0.699. The van der Waals surface area contributed by atoms with Crippen LogP contribution in [0.5, 0.6) is 0 Å². The molecule has 0 radical (unpaired) electrons. The largest absolute Gasteiger partial charge is 0.361 e. The van der Waals surface area contributed by atoms with E-state index in [1.807, 2.05) is 6.92 Å². The molecule has 1 atom stereocenters. The molecule has 1 fully saturated rings. The van der Waals surface area contributed by atoms with E-state index in [4.69, 9.17) is 9.05 Å². The minimum Gasteiger partial charge on any atom is -0.361 e. The molecule has 4 rings (SSSR count). The molecule has 7 nitrogen and oxygen atoms in total. The van der Waals surface area contributed by atoms with Crippen LogP contribution in [0.2, 0.25) is 0 Å². The summed E-state index contributed by atoms with van der Waals surface area (Å²) in [5.41, 5.74) is 1.20. The first kappa shape index (κ1) is 17.4. The van der Waals surface area contributed by atoms with Crippen molar-refractivity contribution in [3.05, 3.63) is 53.5 Å². The highest BCUT2D eigenvalue weighted by atomic mass is 19.1. The summed E-state index contributed by atoms with van der Waals surface area (Å²) in [6.45, 7) is 3.09. The van der Waals surface area contributed by atoms with Crippen molar-refractivity contribution in [1.82, 2.24) is 20.2 Å². The number of halogens is 1. The Balaban J connectivity index is 1.50. The molecule has 1 aliphatic rings. The summed E-state index contributed by atoms with van der Waals surface area (Å²) < 4.78 is 23.6. The second kappa shape index (κ2) is 7.30. The van der Waals surface area contributed by atoms with Gasteiger partial charge in [0.05, 0.1) is 12.1 Å². The number of aryl methyl sites for hydroxylation is 1. The van der Waals surface area contributed by atoms with Crippen molar-refractivity contribution < 1.29 is 18.2 Å². The lowest BCUT2D eigenvalue weighted by Gasteiger charge is -2.30. The number of likely N-dealkylation sites (tertiary alicyclic amines) is 1. The van der Waals surface area contributed by atoms with E-state index in [9.17, 15) is 9.18 Å². The van der Waals surface area contributed by atoms with Crippen molar-refractivity contribution in [2.75, 3.05) is 13.1 Å². The monoisotopic (exact) mass is 370 g/mol. The van der Waals surface area contributed by atoms with Crippen LogP contribution in [0.1, 0.15) is 47.7 Å². The predicted molar refractivity (Wildman–Crippen MR) is 93.5 cm³/mol. The second-order valence-electron chi connectivity index (χ2n) is 6.57. The molecule has 1 aliphatic heterocycles. The van der Waals surface area contributed by atoms with Gasteiger partial charge in [-0.2, -0.15) is 4.98 Å². The van der Waals surface area contributed by atoms with Crippen LogP contribution in [0.15, 0.2) is 39.5 Å². The number of piperidine rings is 1. The van der Waals surface area contributed by atoms with E-state index < -0.39 is 0 Å². The molecule has 0 unspecified atom stereocenters. The molecular weight excluding hydrogens is 351 g/mol. The minimum atomic E-state index is -0.316. The van der Waals surface area contributed by atoms with E-state index in [1.54, 1.807) is 17.0 Å². The molecule has 0 aliphatic carbocycles. The lowest BCUT2D eigenvalue weighted by Crippen LogP contribution is -2.39. The van der Waals surface area contributed by atoms with Gasteiger partial charge < -0.3 is 13.9 Å². The van der Waals surface area contributed by atoms with Gasteiger partial charge in [0.25, 0.3) is 5.91 Å². The van der Waals surface area contributed by atoms with Gasteiger partial charge in [-0.3, -0.25) is 4.79 Å². The fourth-order valence-electron chi connectivity index (χ4n) is 3.34. The van der Waals surface area contributed by atoms with Gasteiger partial charge in [0.15, 0.2) is 0 Å². The number of carbonyl (C=O) groups excluding carboxylic acids is 1. The Morgan fingerprint density at radius 3 is 2.89 bits per heavy atom. The van der Waals surface area contributed by atoms with Crippen LogP contribution in [-0.2, 0) is 6.42 Å². The fraction of sp³-hybridized carbons (Fsp3) is 0.368. The van der Waals surface area contributed by atoms with Crippen LogP contribution in [0.4, 0.5) is 4.39 Å². The van der Waals surface area contributed by atoms with Crippen molar-refractivity contribution in [2.24, 2.45) is 0 Å². The van der Waals surface area contributed by atoms with E-state index in [-0.39, 0.29) is 17.6 Å². The zero-order chi connectivity index (χ0) is 18.8. The lowest BCUT2D eigenvalue weighted by molar-refractivity contribution is 0.0693. The summed E-state index contributed by atoms with van der Waals surface area (Å²) in [6, 6.07) is 5.94. The van der Waals surface area contributed by atoms with Gasteiger partial charge in [0.2, 0.25) is 11.7 Å². The van der Waals surface area contributed by atoms with Crippen LogP contribution < -0.4 is 0 Å². The lowest BCUT2D eigenvalue weighted by atomic mass is 9.97. The molecule has 0 spiro atoms. The van der Waals surface area contributed by atoms with E-state index >= 15 is 0 Å². The molecule has 1 amide bonds. The summed E-state index contributed by atoms with van der Waals surface area (Å²) in [5.74, 6) is 1.07. The molecule has 3 heterocycles. The average molecular weight is 370 g/mol. The first-order valence-corrected chi connectivity index (χ1v) is 8.98. The van der Waals surface area contributed by atoms with Crippen molar-refractivity contribution in [3.8, 4) is 11.4 Å². The number of nitrogens with zero attached hydrogens (tertiary/aromatic N) is 4. The minimum absolute atomic E-state index is 0.0330. The van der Waals surface area contributed by atoms with Crippen LogP contribution in [0, 0.1) is 5.82 Å². The van der Waals surface area contributed by atoms with Crippen molar-refractivity contribution in [2.45, 2.75) is 32.1 Å². The van der Waals surface area contributed by atoms with Gasteiger partial charge in [0.1, 0.15) is 17.1 Å². The Hall–Kier alpha value is -3.03. The van der Waals surface area contributed by atoms with Gasteiger partial charge in [-0.05, 0) is 37.1 Å². The fourth-order valence-corrected chi connectivity index (χ4v) is 3.34. The second-order valence-corrected chi connectivity index (χ2v) is 6.57. The third-order valence-corrected chi connectivity index (χ3v) is 4.80. The van der Waals surface area contributed by atoms with Crippen molar-refractivity contribution >= 4 is 5.91 Å². The van der Waals surface area contributed by atoms with Crippen molar-refractivity contribution in [3.63, 3.8) is 0 Å². The van der Waals surface area contributed by atoms with Gasteiger partial charge >= 0.3 is 0 Å². The molecule has 1 aromatic carbocycles. The number of benzene rings is 1. The molecule has 8 heteroatoms. The molecule has 2 aromatic heterocycles. The van der Waals surface area contributed by atoms with Crippen LogP contribution in [-0.4, -0.2) is 39.2 Å². The number of aromatic nitrogens is 3. The summed E-state index contributed by atoms with van der Waals surface area (Å²) in [5, 5.41) is 7.74. The Labute approximate surface area is 155 Å². The molecule has 27 heavy (non-hydrogen) atoms. The highest BCUT2D eigenvalue weighted by molar-refractivity contribution is 5.95. The third kappa shape index (κ3) is 3.47. The Bertz CT molecular complexity index is 935. The first-order valence-electron chi connectivity index (χ1n) is 8.98. The average Bonchev–Trinajstić information content (AvgIpc) is 3.37. The van der Waals surface area contributed by atoms with Gasteiger partial charge in [0, 0.05) is 25.1 Å². The van der Waals surface area contributed by atoms with Crippen LogP contribution in [0.25, 0.3) is 11.4 Å². The van der Waals surface area contributed by atoms with E-state index in [2.05, 4.69) is 15.3 Å². The van der Waals surface area contributed by atoms with Gasteiger partial charge in [-0.25, -0.2) is 4.39 Å². The molecule has 0 saturated carbocycles. The molecule has 0 bridgehead atoms. The maximum absolute atomic E-state index is 13.1. The summed E-state index contributed by atoms with van der Waals surface area (Å²) in [6.07, 6.45) is 3.80. The smallest absolute Gasteiger partial charge is 0.259 e. The zero-order valence-electron chi connectivity index (χ0n) is 14.9. The van der Waals surface area contributed by atoms with E-state index in [0.717, 1.165) is 12.8 Å². The van der Waals surface area contributed by atoms with Crippen LogP contribution >= 0.6 is 0 Å². The van der Waals surface area contributed by atoms with Crippen LogP contribution in [0.3, 0.4) is 0 Å². The van der Waals surface area contributed by atoms with Gasteiger partial charge in [-0.15, -0.1) is 0 Å². The predicted octanol–water partition coefficient (Wildman–Crippen LogP) is 3.45. The van der Waals surface area contributed by atoms with E-state index in [1.165, 1.54) is 18.3 Å². The molecule has 0 N–H and O–H groups in total. The summed E-state index contributed by atoms with van der Waals surface area (Å²) in [7, 11) is 0. The normalized spacial score (nSPS) is 17.3. The zero-order valence-corrected chi connectivity index (χ0v) is 14.9. The third-order valence-electron chi connectivity index (χ3n) is 4.80. The standard InChI is InChI=1S/C19H19FN4O3/c1-2-16-15(10-21-26-16)19(25)24-9-3-4-13(11-24)18-22-17(23-27-18)12-5-7-14(20)8-6-12/h5-8,10,13H,2-4,9,11H2,1H3/t13-/m0/s1. The summed E-state index contributed by atoms with van der Waals surface area (Å²) >= 11 is 0. The SMILES string of the molecule is CCc1oncc1C(=O)N1CCC[C@H](c2nc(-c3ccc(F)cc3)no2)C1. The van der Waals surface area contributed by atoms with Crippen molar-refractivity contribution in [1.29, 1.82) is 0 Å². The number of amides is 1. The van der Waals surface area contributed by atoms with Gasteiger partial charge in [-0.1, -0.05) is 17.2 Å². The molecule has 140 valence electrons. The first-order chi connectivity index (χ1) is 13.2.